The van der Waals surface area contributed by atoms with Gasteiger partial charge in [-0.15, -0.1) is 0 Å². The Hall–Kier alpha value is -4.13. The zero-order valence-corrected chi connectivity index (χ0v) is 18.7. The van der Waals surface area contributed by atoms with Crippen LogP contribution in [0.3, 0.4) is 0 Å². The quantitative estimate of drug-likeness (QED) is 0.462. The first kappa shape index (κ1) is 23.5. The van der Waals surface area contributed by atoms with Gasteiger partial charge in [0.2, 0.25) is 0 Å². The summed E-state index contributed by atoms with van der Waals surface area (Å²) in [7, 11) is 0. The summed E-state index contributed by atoms with van der Waals surface area (Å²) in [6, 6.07) is 21.6. The zero-order chi connectivity index (χ0) is 23.6. The molecule has 0 aliphatic rings. The zero-order valence-electron chi connectivity index (χ0n) is 18.7. The molecule has 3 amide bonds. The third-order valence-electron chi connectivity index (χ3n) is 5.01. The summed E-state index contributed by atoms with van der Waals surface area (Å²) in [5.74, 6) is -1.24. The summed E-state index contributed by atoms with van der Waals surface area (Å²) in [4.78, 5) is 37.4. The summed E-state index contributed by atoms with van der Waals surface area (Å²) in [6.45, 7) is 5.00. The van der Waals surface area contributed by atoms with Crippen LogP contribution in [0.5, 0.6) is 5.75 Å². The van der Waals surface area contributed by atoms with Gasteiger partial charge in [-0.2, -0.15) is 0 Å². The second-order valence-electron chi connectivity index (χ2n) is 7.37. The summed E-state index contributed by atoms with van der Waals surface area (Å²) in [6.07, 6.45) is 0. The second kappa shape index (κ2) is 11.5. The number of anilines is 1. The Bertz CT molecular complexity index is 1130. The first-order chi connectivity index (χ1) is 16.0. The molecule has 0 saturated carbocycles. The van der Waals surface area contributed by atoms with E-state index in [9.17, 15) is 14.4 Å². The van der Waals surface area contributed by atoms with E-state index in [2.05, 4.69) is 16.0 Å². The van der Waals surface area contributed by atoms with E-state index >= 15 is 0 Å². The summed E-state index contributed by atoms with van der Waals surface area (Å²) < 4.78 is 5.39. The highest BCUT2D eigenvalue weighted by Gasteiger charge is 2.18. The highest BCUT2D eigenvalue weighted by Crippen LogP contribution is 2.16. The molecule has 7 heteroatoms. The lowest BCUT2D eigenvalue weighted by Gasteiger charge is -2.12. The van der Waals surface area contributed by atoms with Crippen molar-refractivity contribution < 1.29 is 19.1 Å². The van der Waals surface area contributed by atoms with Crippen LogP contribution in [-0.4, -0.2) is 24.3 Å². The lowest BCUT2D eigenvalue weighted by Crippen LogP contribution is -2.35. The van der Waals surface area contributed by atoms with Crippen molar-refractivity contribution in [2.45, 2.75) is 26.9 Å². The van der Waals surface area contributed by atoms with E-state index in [0.29, 0.717) is 13.2 Å². The van der Waals surface area contributed by atoms with Crippen molar-refractivity contribution in [1.29, 1.82) is 0 Å². The monoisotopic (exact) mass is 445 g/mol. The van der Waals surface area contributed by atoms with Gasteiger partial charge in [0.05, 0.1) is 17.9 Å². The van der Waals surface area contributed by atoms with Gasteiger partial charge in [-0.25, -0.2) is 0 Å². The number of carbonyl (C=O) groups is 3. The van der Waals surface area contributed by atoms with E-state index in [4.69, 9.17) is 4.74 Å². The maximum absolute atomic E-state index is 12.7. The van der Waals surface area contributed by atoms with Crippen LogP contribution in [0.4, 0.5) is 5.69 Å². The van der Waals surface area contributed by atoms with Crippen molar-refractivity contribution in [2.24, 2.45) is 0 Å². The predicted octanol–water partition coefficient (Wildman–Crippen LogP) is 3.58. The Morgan fingerprint density at radius 3 is 2.21 bits per heavy atom. The van der Waals surface area contributed by atoms with Gasteiger partial charge in [0.25, 0.3) is 5.91 Å². The first-order valence-corrected chi connectivity index (χ1v) is 10.7. The number of carbonyl (C=O) groups excluding carboxylic acids is 3. The Labute approximate surface area is 193 Å². The molecule has 0 bridgehead atoms. The van der Waals surface area contributed by atoms with Crippen LogP contribution in [0, 0.1) is 6.92 Å². The largest absolute Gasteiger partial charge is 0.494 e. The molecule has 0 aromatic heterocycles. The molecule has 0 fully saturated rings. The molecule has 3 aromatic carbocycles. The topological polar surface area (TPSA) is 96.5 Å². The van der Waals surface area contributed by atoms with Crippen molar-refractivity contribution in [1.82, 2.24) is 10.6 Å². The first-order valence-electron chi connectivity index (χ1n) is 10.7. The van der Waals surface area contributed by atoms with Gasteiger partial charge in [-0.1, -0.05) is 48.5 Å². The number of hydrogen-bond acceptors (Lipinski definition) is 4. The lowest BCUT2D eigenvalue weighted by atomic mass is 10.1. The van der Waals surface area contributed by atoms with E-state index in [-0.39, 0.29) is 23.7 Å². The van der Waals surface area contributed by atoms with Crippen molar-refractivity contribution in [2.75, 3.05) is 11.9 Å². The van der Waals surface area contributed by atoms with E-state index < -0.39 is 11.8 Å². The van der Waals surface area contributed by atoms with Crippen LogP contribution in [0.25, 0.3) is 0 Å². The van der Waals surface area contributed by atoms with Gasteiger partial charge < -0.3 is 20.7 Å². The SMILES string of the molecule is CCOc1ccc(CNC(=O)C(=O)Nc2ccccc2C(=O)NCc2ccccc2C)cc1. The van der Waals surface area contributed by atoms with Crippen molar-refractivity contribution >= 4 is 23.4 Å². The van der Waals surface area contributed by atoms with Crippen LogP contribution in [0.2, 0.25) is 0 Å². The molecule has 170 valence electrons. The maximum atomic E-state index is 12.7. The van der Waals surface area contributed by atoms with Crippen LogP contribution in [0.15, 0.2) is 72.8 Å². The summed E-state index contributed by atoms with van der Waals surface area (Å²) in [5, 5.41) is 7.97. The molecule has 0 unspecified atom stereocenters. The van der Waals surface area contributed by atoms with E-state index in [0.717, 1.165) is 22.4 Å². The molecule has 0 heterocycles. The van der Waals surface area contributed by atoms with Gasteiger partial charge in [0.15, 0.2) is 0 Å². The van der Waals surface area contributed by atoms with Crippen LogP contribution in [0.1, 0.15) is 34.0 Å². The molecule has 0 spiro atoms. The number of ether oxygens (including phenoxy) is 1. The normalized spacial score (nSPS) is 10.2. The standard InChI is InChI=1S/C26H27N3O4/c1-3-33-21-14-12-19(13-15-21)16-27-25(31)26(32)29-23-11-7-6-10-22(23)24(30)28-17-20-9-5-4-8-18(20)2/h4-15H,3,16-17H2,1-2H3,(H,27,31)(H,28,30)(H,29,32). The molecule has 3 rings (SSSR count). The average molecular weight is 446 g/mol. The summed E-state index contributed by atoms with van der Waals surface area (Å²) in [5.41, 5.74) is 3.44. The highest BCUT2D eigenvalue weighted by atomic mass is 16.5. The minimum absolute atomic E-state index is 0.192. The molecule has 3 aromatic rings. The van der Waals surface area contributed by atoms with Gasteiger partial charge in [0, 0.05) is 13.1 Å². The minimum Gasteiger partial charge on any atom is -0.494 e. The van der Waals surface area contributed by atoms with Gasteiger partial charge >= 0.3 is 11.8 Å². The fourth-order valence-electron chi connectivity index (χ4n) is 3.18. The third kappa shape index (κ3) is 6.67. The lowest BCUT2D eigenvalue weighted by molar-refractivity contribution is -0.136. The average Bonchev–Trinajstić information content (AvgIpc) is 2.83. The number of amides is 3. The molecule has 0 aliphatic carbocycles. The number of benzene rings is 3. The predicted molar refractivity (Wildman–Crippen MR) is 127 cm³/mol. The van der Waals surface area contributed by atoms with E-state index in [1.54, 1.807) is 36.4 Å². The van der Waals surface area contributed by atoms with Crippen LogP contribution in [-0.2, 0) is 22.7 Å². The number of hydrogen-bond donors (Lipinski definition) is 3. The second-order valence-corrected chi connectivity index (χ2v) is 7.37. The van der Waals surface area contributed by atoms with E-state index in [1.165, 1.54) is 0 Å². The third-order valence-corrected chi connectivity index (χ3v) is 5.01. The van der Waals surface area contributed by atoms with Crippen molar-refractivity contribution in [3.63, 3.8) is 0 Å². The number of rotatable bonds is 8. The smallest absolute Gasteiger partial charge is 0.313 e. The van der Waals surface area contributed by atoms with Crippen LogP contribution >= 0.6 is 0 Å². The van der Waals surface area contributed by atoms with Gasteiger partial charge in [-0.05, 0) is 54.8 Å². The molecule has 7 nitrogen and oxygen atoms in total. The molecular weight excluding hydrogens is 418 g/mol. The molecule has 0 aliphatic heterocycles. The van der Waals surface area contributed by atoms with E-state index in [1.807, 2.05) is 50.2 Å². The fourth-order valence-corrected chi connectivity index (χ4v) is 3.18. The highest BCUT2D eigenvalue weighted by molar-refractivity contribution is 6.40. The Kier molecular flexibility index (Phi) is 8.18. The number of aryl methyl sites for hydroxylation is 1. The minimum atomic E-state index is -0.847. The number of nitrogens with one attached hydrogen (secondary N) is 3. The molecule has 0 atom stereocenters. The van der Waals surface area contributed by atoms with Crippen LogP contribution < -0.4 is 20.7 Å². The van der Waals surface area contributed by atoms with Crippen molar-refractivity contribution in [3.05, 3.63) is 95.1 Å². The Morgan fingerprint density at radius 1 is 0.788 bits per heavy atom. The molecule has 0 saturated heterocycles. The van der Waals surface area contributed by atoms with Crippen molar-refractivity contribution in [3.8, 4) is 5.75 Å². The summed E-state index contributed by atoms with van der Waals surface area (Å²) >= 11 is 0. The van der Waals surface area contributed by atoms with Gasteiger partial charge in [-0.3, -0.25) is 14.4 Å². The van der Waals surface area contributed by atoms with Gasteiger partial charge in [0.1, 0.15) is 5.75 Å². The maximum Gasteiger partial charge on any atom is 0.313 e. The Morgan fingerprint density at radius 2 is 1.48 bits per heavy atom. The molecule has 33 heavy (non-hydrogen) atoms. The molecule has 0 radical (unpaired) electrons. The fraction of sp³-hybridized carbons (Fsp3) is 0.192. The Balaban J connectivity index is 1.57. The molecular formula is C26H27N3O4. The molecule has 3 N–H and O–H groups in total. The number of para-hydroxylation sites is 1.